The summed E-state index contributed by atoms with van der Waals surface area (Å²) in [5, 5.41) is 12.3. The second-order valence-electron chi connectivity index (χ2n) is 2.75. The molecule has 7 nitrogen and oxygen atoms in total. The third-order valence-electron chi connectivity index (χ3n) is 1.89. The number of imidazole rings is 1. The van der Waals surface area contributed by atoms with Crippen molar-refractivity contribution in [3.05, 3.63) is 27.5 Å². The van der Waals surface area contributed by atoms with E-state index in [0.717, 1.165) is 0 Å². The monoisotopic (exact) mass is 247 g/mol. The molecule has 0 radical (unpaired) electrons. The summed E-state index contributed by atoms with van der Waals surface area (Å²) in [6, 6.07) is 0. The first-order chi connectivity index (χ1) is 7.11. The predicted octanol–water partition coefficient (Wildman–Crippen LogP) is 1.25. The van der Waals surface area contributed by atoms with Gasteiger partial charge in [0.1, 0.15) is 11.9 Å². The second kappa shape index (κ2) is 3.72. The van der Waals surface area contributed by atoms with E-state index in [9.17, 15) is 10.1 Å². The van der Waals surface area contributed by atoms with Gasteiger partial charge in [-0.3, -0.25) is 0 Å². The van der Waals surface area contributed by atoms with Gasteiger partial charge in [-0.25, -0.2) is 14.1 Å². The lowest BCUT2D eigenvalue weighted by Crippen LogP contribution is -2.18. The second-order valence-corrected chi connectivity index (χ2v) is 3.74. The molecule has 0 fully saturated rings. The lowest BCUT2D eigenvalue weighted by atomic mass is 10.5. The van der Waals surface area contributed by atoms with Crippen LogP contribution in [-0.2, 0) is 7.05 Å². The highest BCUT2D eigenvalue weighted by Gasteiger charge is 2.26. The van der Waals surface area contributed by atoms with Crippen molar-refractivity contribution in [2.24, 2.45) is 7.05 Å². The largest absolute Gasteiger partial charge is 0.358 e. The molecule has 1 aliphatic rings. The first kappa shape index (κ1) is 10.3. The molecule has 2 rings (SSSR count). The van der Waals surface area contributed by atoms with Crippen molar-refractivity contribution in [1.29, 1.82) is 0 Å². The third-order valence-corrected chi connectivity index (χ3v) is 2.89. The van der Waals surface area contributed by atoms with Crippen LogP contribution in [0.3, 0.4) is 0 Å². The van der Waals surface area contributed by atoms with Gasteiger partial charge in [0, 0.05) is 17.2 Å². The zero-order chi connectivity index (χ0) is 11.0. The van der Waals surface area contributed by atoms with Gasteiger partial charge in [-0.05, 0) is 16.9 Å². The van der Waals surface area contributed by atoms with E-state index >= 15 is 0 Å². The molecule has 0 atom stereocenters. The summed E-state index contributed by atoms with van der Waals surface area (Å²) in [6.07, 6.45) is 1.20. The summed E-state index contributed by atoms with van der Waals surface area (Å²) in [6.45, 7) is 0. The zero-order valence-corrected chi connectivity index (χ0v) is 9.12. The molecule has 0 saturated heterocycles. The van der Waals surface area contributed by atoms with Crippen molar-refractivity contribution >= 4 is 35.2 Å². The smallest absolute Gasteiger partial charge is 0.342 e. The number of hydrazine groups is 1. The Hall–Kier alpha value is -1.25. The summed E-state index contributed by atoms with van der Waals surface area (Å²) in [5.74, 6) is 0.363. The number of nitrogens with one attached hydrogen (secondary N) is 1. The molecule has 0 amide bonds. The van der Waals surface area contributed by atoms with E-state index in [1.807, 2.05) is 0 Å². The van der Waals surface area contributed by atoms with Crippen LogP contribution >= 0.6 is 23.7 Å². The lowest BCUT2D eigenvalue weighted by Gasteiger charge is -2.08. The fraction of sp³-hybridized carbons (Fsp3) is 0.167. The summed E-state index contributed by atoms with van der Waals surface area (Å²) < 4.78 is 2.60. The van der Waals surface area contributed by atoms with Gasteiger partial charge in [0.25, 0.3) is 0 Å². The van der Waals surface area contributed by atoms with Gasteiger partial charge in [0.2, 0.25) is 5.82 Å². The van der Waals surface area contributed by atoms with Crippen LogP contribution in [0.2, 0.25) is 0 Å². The molecule has 1 aromatic rings. The maximum Gasteiger partial charge on any atom is 0.342 e. The highest BCUT2D eigenvalue weighted by Crippen LogP contribution is 2.29. The average Bonchev–Trinajstić information content (AvgIpc) is 2.71. The Morgan fingerprint density at radius 3 is 2.93 bits per heavy atom. The topological polar surface area (TPSA) is 76.2 Å². The third kappa shape index (κ3) is 1.66. The van der Waals surface area contributed by atoms with Gasteiger partial charge in [-0.15, -0.1) is 0 Å². The molecule has 1 aromatic heterocycles. The van der Waals surface area contributed by atoms with Gasteiger partial charge in [0.15, 0.2) is 0 Å². The Balaban J connectivity index is 2.42. The predicted molar refractivity (Wildman–Crippen MR) is 56.3 cm³/mol. The molecule has 1 aliphatic heterocycles. The Morgan fingerprint density at radius 1 is 1.73 bits per heavy atom. The summed E-state index contributed by atoms with van der Waals surface area (Å²) in [4.78, 5) is 16.8. The van der Waals surface area contributed by atoms with Gasteiger partial charge < -0.3 is 10.1 Å². The fourth-order valence-electron chi connectivity index (χ4n) is 1.17. The molecule has 0 spiro atoms. The van der Waals surface area contributed by atoms with Crippen molar-refractivity contribution in [1.82, 2.24) is 18.9 Å². The van der Waals surface area contributed by atoms with Crippen LogP contribution in [0.1, 0.15) is 5.82 Å². The first-order valence-corrected chi connectivity index (χ1v) is 5.07. The van der Waals surface area contributed by atoms with Crippen molar-refractivity contribution in [3.63, 3.8) is 0 Å². The van der Waals surface area contributed by atoms with Gasteiger partial charge in [-0.2, -0.15) is 4.83 Å². The Labute approximate surface area is 94.1 Å². The number of nitrogens with zero attached hydrogens (tertiary/aromatic N) is 4. The van der Waals surface area contributed by atoms with Crippen LogP contribution < -0.4 is 4.83 Å². The molecule has 15 heavy (non-hydrogen) atoms. The first-order valence-electron chi connectivity index (χ1n) is 3.85. The minimum absolute atomic E-state index is 0.0760. The molecule has 1 N–H and O–H groups in total. The molecule has 0 aromatic carbocycles. The van der Waals surface area contributed by atoms with Crippen molar-refractivity contribution in [3.8, 4) is 0 Å². The number of hydrogen-bond donors (Lipinski definition) is 1. The Morgan fingerprint density at radius 2 is 2.47 bits per heavy atom. The van der Waals surface area contributed by atoms with Crippen molar-refractivity contribution < 1.29 is 4.92 Å². The minimum Gasteiger partial charge on any atom is -0.358 e. The van der Waals surface area contributed by atoms with Crippen molar-refractivity contribution in [2.75, 3.05) is 0 Å². The van der Waals surface area contributed by atoms with Crippen LogP contribution in [0.15, 0.2) is 11.6 Å². The van der Waals surface area contributed by atoms with Gasteiger partial charge in [0.05, 0.1) is 7.05 Å². The van der Waals surface area contributed by atoms with E-state index in [2.05, 4.69) is 9.82 Å². The van der Waals surface area contributed by atoms with Gasteiger partial charge >= 0.3 is 5.82 Å². The Bertz CT molecular complexity index is 445. The van der Waals surface area contributed by atoms with E-state index in [0.29, 0.717) is 11.5 Å². The minimum atomic E-state index is -0.495. The SMILES string of the molecule is Cn1c([N+](=O)[O-])cnc1C1=CSNN1Cl. The number of nitro groups is 1. The van der Waals surface area contributed by atoms with Crippen LogP contribution in [0, 0.1) is 10.1 Å². The zero-order valence-electron chi connectivity index (χ0n) is 7.55. The fourth-order valence-corrected chi connectivity index (χ4v) is 2.04. The molecular weight excluding hydrogens is 242 g/mol. The normalized spacial score (nSPS) is 15.6. The van der Waals surface area contributed by atoms with E-state index < -0.39 is 4.92 Å². The summed E-state index contributed by atoms with van der Waals surface area (Å²) in [5.41, 5.74) is 0.581. The van der Waals surface area contributed by atoms with Crippen LogP contribution in [-0.4, -0.2) is 19.0 Å². The van der Waals surface area contributed by atoms with Crippen LogP contribution in [0.5, 0.6) is 0 Å². The Kier molecular flexibility index (Phi) is 2.55. The molecule has 80 valence electrons. The molecule has 0 saturated carbocycles. The molecule has 9 heteroatoms. The van der Waals surface area contributed by atoms with Crippen LogP contribution in [0.4, 0.5) is 5.82 Å². The number of rotatable bonds is 2. The molecule has 0 bridgehead atoms. The molecular formula is C6H6ClN5O2S. The quantitative estimate of drug-likeness (QED) is 0.367. The average molecular weight is 248 g/mol. The van der Waals surface area contributed by atoms with Crippen molar-refractivity contribution in [2.45, 2.75) is 0 Å². The molecule has 0 aliphatic carbocycles. The standard InChI is InChI=1S/C6H6ClN5O2S/c1-10-5(12(13)14)2-8-6(10)4-3-15-9-11(4)7/h2-3,9H,1H3. The lowest BCUT2D eigenvalue weighted by molar-refractivity contribution is -0.391. The van der Waals surface area contributed by atoms with Gasteiger partial charge in [-0.1, -0.05) is 0 Å². The maximum absolute atomic E-state index is 10.6. The van der Waals surface area contributed by atoms with E-state index in [1.54, 1.807) is 12.5 Å². The number of halogens is 1. The summed E-state index contributed by atoms with van der Waals surface area (Å²) in [7, 11) is 1.56. The highest BCUT2D eigenvalue weighted by atomic mass is 35.5. The maximum atomic E-state index is 10.6. The van der Waals surface area contributed by atoms with E-state index in [1.165, 1.54) is 27.2 Å². The molecule has 2 heterocycles. The molecule has 0 unspecified atom stereocenters. The van der Waals surface area contributed by atoms with E-state index in [4.69, 9.17) is 11.8 Å². The highest BCUT2D eigenvalue weighted by molar-refractivity contribution is 8.00. The summed E-state index contributed by atoms with van der Waals surface area (Å²) >= 11 is 7.05. The van der Waals surface area contributed by atoms with Crippen LogP contribution in [0.25, 0.3) is 5.70 Å². The number of aromatic nitrogens is 2. The number of hydrogen-bond acceptors (Lipinski definition) is 6. The van der Waals surface area contributed by atoms with E-state index in [-0.39, 0.29) is 5.82 Å².